The van der Waals surface area contributed by atoms with Gasteiger partial charge in [0.1, 0.15) is 0 Å². The largest absolute Gasteiger partial charge is 0.359 e. The minimum atomic E-state index is 0.116. The number of carbonyl (C=O) groups is 1. The van der Waals surface area contributed by atoms with Crippen LogP contribution in [0.15, 0.2) is 18.7 Å². The van der Waals surface area contributed by atoms with Gasteiger partial charge in [-0.25, -0.2) is 4.98 Å². The van der Waals surface area contributed by atoms with Crippen LogP contribution in [0.5, 0.6) is 0 Å². The van der Waals surface area contributed by atoms with Gasteiger partial charge in [0.25, 0.3) is 0 Å². The highest BCUT2D eigenvalue weighted by Crippen LogP contribution is 1.98. The molecule has 0 aliphatic carbocycles. The topological polar surface area (TPSA) is 46.9 Å². The van der Waals surface area contributed by atoms with Crippen molar-refractivity contribution in [1.82, 2.24) is 14.9 Å². The first-order chi connectivity index (χ1) is 6.33. The highest BCUT2D eigenvalue weighted by atomic mass is 16.1. The Labute approximate surface area is 78.0 Å². The Bertz CT molecular complexity index is 243. The Morgan fingerprint density at radius 1 is 1.54 bits per heavy atom. The van der Waals surface area contributed by atoms with Crippen molar-refractivity contribution in [3.63, 3.8) is 0 Å². The van der Waals surface area contributed by atoms with Crippen molar-refractivity contribution >= 4 is 5.91 Å². The molecular formula is C9H15N3O. The van der Waals surface area contributed by atoms with Crippen molar-refractivity contribution in [3.8, 4) is 0 Å². The minimum absolute atomic E-state index is 0.116. The van der Waals surface area contributed by atoms with Crippen LogP contribution in [0.2, 0.25) is 0 Å². The highest BCUT2D eigenvalue weighted by molar-refractivity contribution is 5.75. The number of nitrogens with zero attached hydrogens (tertiary/aromatic N) is 2. The molecule has 1 heterocycles. The molecule has 0 spiro atoms. The fourth-order valence-corrected chi connectivity index (χ4v) is 1.12. The van der Waals surface area contributed by atoms with Crippen LogP contribution in [0.4, 0.5) is 0 Å². The van der Waals surface area contributed by atoms with Crippen LogP contribution in [0.1, 0.15) is 19.3 Å². The molecule has 1 rings (SSSR count). The van der Waals surface area contributed by atoms with Crippen molar-refractivity contribution < 1.29 is 4.79 Å². The van der Waals surface area contributed by atoms with Crippen LogP contribution < -0.4 is 5.32 Å². The molecule has 0 aliphatic rings. The Balaban J connectivity index is 2.05. The number of imidazole rings is 1. The van der Waals surface area contributed by atoms with Crippen molar-refractivity contribution in [3.05, 3.63) is 18.7 Å². The fourth-order valence-electron chi connectivity index (χ4n) is 1.12. The van der Waals surface area contributed by atoms with Crippen LogP contribution in [-0.2, 0) is 11.3 Å². The molecule has 1 N–H and O–H groups in total. The van der Waals surface area contributed by atoms with E-state index in [4.69, 9.17) is 0 Å². The van der Waals surface area contributed by atoms with E-state index >= 15 is 0 Å². The van der Waals surface area contributed by atoms with E-state index in [1.165, 1.54) is 0 Å². The van der Waals surface area contributed by atoms with Crippen molar-refractivity contribution in [1.29, 1.82) is 0 Å². The molecule has 1 aromatic rings. The lowest BCUT2D eigenvalue weighted by Gasteiger charge is -2.01. The Kier molecular flexibility index (Phi) is 4.02. The smallest absolute Gasteiger partial charge is 0.219 e. The number of hydrogen-bond donors (Lipinski definition) is 1. The number of carbonyl (C=O) groups excluding carboxylic acids is 1. The average molecular weight is 181 g/mol. The van der Waals surface area contributed by atoms with Crippen LogP contribution >= 0.6 is 0 Å². The predicted octanol–water partition coefficient (Wildman–Crippen LogP) is 0.799. The van der Waals surface area contributed by atoms with E-state index in [1.807, 2.05) is 10.8 Å². The van der Waals surface area contributed by atoms with Crippen molar-refractivity contribution in [2.24, 2.45) is 0 Å². The maximum atomic E-state index is 10.8. The second-order valence-electron chi connectivity index (χ2n) is 2.93. The fraction of sp³-hybridized carbons (Fsp3) is 0.556. The van der Waals surface area contributed by atoms with Gasteiger partial charge in [0.2, 0.25) is 5.91 Å². The van der Waals surface area contributed by atoms with Crippen LogP contribution in [0.3, 0.4) is 0 Å². The normalized spacial score (nSPS) is 9.92. The van der Waals surface area contributed by atoms with Gasteiger partial charge in [0, 0.05) is 32.4 Å². The molecule has 4 nitrogen and oxygen atoms in total. The number of unbranched alkanes of at least 4 members (excludes halogenated alkanes) is 1. The van der Waals surface area contributed by atoms with Gasteiger partial charge in [-0.15, -0.1) is 0 Å². The number of aromatic nitrogens is 2. The molecule has 0 aliphatic heterocycles. The molecule has 0 atom stereocenters. The van der Waals surface area contributed by atoms with Crippen LogP contribution in [0, 0.1) is 0 Å². The van der Waals surface area contributed by atoms with Crippen molar-refractivity contribution in [2.45, 2.75) is 25.8 Å². The van der Waals surface area contributed by atoms with Gasteiger partial charge in [-0.05, 0) is 12.8 Å². The number of amides is 1. The summed E-state index contributed by atoms with van der Waals surface area (Å²) in [6, 6.07) is 0. The number of aryl methyl sites for hydroxylation is 1. The van der Waals surface area contributed by atoms with Gasteiger partial charge in [0.15, 0.2) is 0 Å². The lowest BCUT2D eigenvalue weighted by atomic mass is 10.2. The standard InChI is InChI=1S/C9H15N3O/c1-10-9(13)4-2-3-6-12-7-5-11-8-12/h5,7-8H,2-4,6H2,1H3,(H,10,13). The third kappa shape index (κ3) is 3.73. The molecular weight excluding hydrogens is 166 g/mol. The highest BCUT2D eigenvalue weighted by Gasteiger charge is 1.96. The first kappa shape index (κ1) is 9.77. The molecule has 0 bridgehead atoms. The van der Waals surface area contributed by atoms with Crippen LogP contribution in [0.25, 0.3) is 0 Å². The monoisotopic (exact) mass is 181 g/mol. The van der Waals surface area contributed by atoms with Gasteiger partial charge in [-0.3, -0.25) is 4.79 Å². The average Bonchev–Trinajstić information content (AvgIpc) is 2.64. The summed E-state index contributed by atoms with van der Waals surface area (Å²) < 4.78 is 2.02. The maximum Gasteiger partial charge on any atom is 0.219 e. The predicted molar refractivity (Wildman–Crippen MR) is 50.1 cm³/mol. The van der Waals surface area contributed by atoms with Gasteiger partial charge >= 0.3 is 0 Å². The van der Waals surface area contributed by atoms with E-state index in [9.17, 15) is 4.79 Å². The first-order valence-corrected chi connectivity index (χ1v) is 4.49. The Morgan fingerprint density at radius 2 is 2.38 bits per heavy atom. The molecule has 1 amide bonds. The molecule has 1 aromatic heterocycles. The summed E-state index contributed by atoms with van der Waals surface area (Å²) in [4.78, 5) is 14.8. The van der Waals surface area contributed by atoms with E-state index < -0.39 is 0 Å². The quantitative estimate of drug-likeness (QED) is 0.683. The first-order valence-electron chi connectivity index (χ1n) is 4.49. The summed E-state index contributed by atoms with van der Waals surface area (Å²) in [5.41, 5.74) is 0. The molecule has 0 saturated heterocycles. The maximum absolute atomic E-state index is 10.8. The van der Waals surface area contributed by atoms with E-state index in [-0.39, 0.29) is 5.91 Å². The lowest BCUT2D eigenvalue weighted by Crippen LogP contribution is -2.17. The third-order valence-electron chi connectivity index (χ3n) is 1.91. The van der Waals surface area contributed by atoms with Gasteiger partial charge < -0.3 is 9.88 Å². The van der Waals surface area contributed by atoms with Gasteiger partial charge in [-0.2, -0.15) is 0 Å². The number of nitrogens with one attached hydrogen (secondary N) is 1. The molecule has 0 radical (unpaired) electrons. The molecule has 0 unspecified atom stereocenters. The SMILES string of the molecule is CNC(=O)CCCCn1ccnc1. The van der Waals surface area contributed by atoms with E-state index in [1.54, 1.807) is 19.6 Å². The van der Waals surface area contributed by atoms with E-state index in [0.29, 0.717) is 6.42 Å². The molecule has 0 saturated carbocycles. The Hall–Kier alpha value is -1.32. The number of hydrogen-bond acceptors (Lipinski definition) is 2. The van der Waals surface area contributed by atoms with Gasteiger partial charge in [0.05, 0.1) is 6.33 Å². The Morgan fingerprint density at radius 3 is 3.00 bits per heavy atom. The zero-order valence-electron chi connectivity index (χ0n) is 7.86. The van der Waals surface area contributed by atoms with Crippen molar-refractivity contribution in [2.75, 3.05) is 7.05 Å². The summed E-state index contributed by atoms with van der Waals surface area (Å²) in [6.45, 7) is 0.941. The minimum Gasteiger partial charge on any atom is -0.359 e. The lowest BCUT2D eigenvalue weighted by molar-refractivity contribution is -0.120. The molecule has 0 fully saturated rings. The molecule has 13 heavy (non-hydrogen) atoms. The zero-order chi connectivity index (χ0) is 9.52. The van der Waals surface area contributed by atoms with Crippen LogP contribution in [-0.4, -0.2) is 22.5 Å². The van der Waals surface area contributed by atoms with E-state index in [0.717, 1.165) is 19.4 Å². The number of rotatable bonds is 5. The summed E-state index contributed by atoms with van der Waals surface area (Å²) in [7, 11) is 1.66. The summed E-state index contributed by atoms with van der Waals surface area (Å²) >= 11 is 0. The second kappa shape index (κ2) is 5.35. The molecule has 4 heteroatoms. The summed E-state index contributed by atoms with van der Waals surface area (Å²) in [5, 5.41) is 2.60. The van der Waals surface area contributed by atoms with E-state index in [2.05, 4.69) is 10.3 Å². The molecule has 0 aromatic carbocycles. The molecule has 72 valence electrons. The second-order valence-corrected chi connectivity index (χ2v) is 2.93. The summed E-state index contributed by atoms with van der Waals surface area (Å²) in [5.74, 6) is 0.116. The van der Waals surface area contributed by atoms with Gasteiger partial charge in [-0.1, -0.05) is 0 Å². The zero-order valence-corrected chi connectivity index (χ0v) is 7.86. The third-order valence-corrected chi connectivity index (χ3v) is 1.91. The summed E-state index contributed by atoms with van der Waals surface area (Å²) in [6.07, 6.45) is 8.05.